The molecule has 0 unspecified atom stereocenters. The van der Waals surface area contributed by atoms with Crippen molar-refractivity contribution in [1.29, 1.82) is 0 Å². The van der Waals surface area contributed by atoms with E-state index in [1.165, 1.54) is 18.2 Å². The topological polar surface area (TPSA) is 110 Å². The van der Waals surface area contributed by atoms with Crippen LogP contribution in [0.5, 0.6) is 5.75 Å². The molecule has 2 N–H and O–H groups in total. The fraction of sp³-hybridized carbons (Fsp3) is 0.333. The minimum absolute atomic E-state index is 0.0925. The average Bonchev–Trinajstić information content (AvgIpc) is 2.96. The lowest BCUT2D eigenvalue weighted by Crippen LogP contribution is -2.29. The third kappa shape index (κ3) is 4.28. The van der Waals surface area contributed by atoms with Gasteiger partial charge >= 0.3 is 5.69 Å². The lowest BCUT2D eigenvalue weighted by Gasteiger charge is -2.06. The second-order valence-electron chi connectivity index (χ2n) is 4.97. The van der Waals surface area contributed by atoms with Crippen molar-refractivity contribution in [2.24, 2.45) is 0 Å². The number of benzene rings is 1. The molecule has 24 heavy (non-hydrogen) atoms. The Morgan fingerprint density at radius 2 is 2.29 bits per heavy atom. The first-order valence-corrected chi connectivity index (χ1v) is 7.41. The van der Waals surface area contributed by atoms with Gasteiger partial charge in [-0.2, -0.15) is 5.10 Å². The van der Waals surface area contributed by atoms with Gasteiger partial charge in [0, 0.05) is 6.07 Å². The Morgan fingerprint density at radius 3 is 2.96 bits per heavy atom. The summed E-state index contributed by atoms with van der Waals surface area (Å²) >= 11 is 0. The molecule has 0 aliphatic rings. The van der Waals surface area contributed by atoms with E-state index in [9.17, 15) is 19.3 Å². The molecule has 0 saturated heterocycles. The number of nitro groups is 1. The summed E-state index contributed by atoms with van der Waals surface area (Å²) in [5, 5.41) is 19.9. The van der Waals surface area contributed by atoms with Crippen LogP contribution in [0.3, 0.4) is 0 Å². The molecule has 0 saturated carbocycles. The molecule has 9 heteroatoms. The van der Waals surface area contributed by atoms with Crippen LogP contribution in [0.4, 0.5) is 10.1 Å². The molecule has 2 aromatic rings. The number of nitrogens with zero attached hydrogens (tertiary/aromatic N) is 2. The van der Waals surface area contributed by atoms with Crippen LogP contribution >= 0.6 is 0 Å². The number of hydrogen-bond donors (Lipinski definition) is 2. The standard InChI is InChI=1S/C15H17FN4O4/c1-2-4-12-14(20(22)23)13(19-18-12)15(21)17-7-8-24-11-6-3-5-10(16)9-11/h3,5-6,9H,2,4,7-8H2,1H3,(H,17,21)(H,18,19). The molecule has 0 fully saturated rings. The average molecular weight is 336 g/mol. The maximum atomic E-state index is 13.0. The summed E-state index contributed by atoms with van der Waals surface area (Å²) in [6, 6.07) is 5.60. The number of rotatable bonds is 8. The zero-order valence-electron chi connectivity index (χ0n) is 13.0. The van der Waals surface area contributed by atoms with Crippen molar-refractivity contribution in [2.75, 3.05) is 13.2 Å². The SMILES string of the molecule is CCCc1[nH]nc(C(=O)NCCOc2cccc(F)c2)c1[N+](=O)[O-]. The van der Waals surface area contributed by atoms with Gasteiger partial charge in [-0.15, -0.1) is 0 Å². The van der Waals surface area contributed by atoms with Gasteiger partial charge in [-0.3, -0.25) is 20.0 Å². The van der Waals surface area contributed by atoms with Crippen LogP contribution in [-0.4, -0.2) is 34.2 Å². The van der Waals surface area contributed by atoms with Gasteiger partial charge in [-0.25, -0.2) is 4.39 Å². The fourth-order valence-corrected chi connectivity index (χ4v) is 2.13. The van der Waals surface area contributed by atoms with Crippen molar-refractivity contribution in [3.8, 4) is 5.75 Å². The number of H-pyrrole nitrogens is 1. The normalized spacial score (nSPS) is 10.4. The number of carbonyl (C=O) groups is 1. The molecule has 1 aromatic carbocycles. The third-order valence-electron chi connectivity index (χ3n) is 3.16. The Kier molecular flexibility index (Phi) is 5.83. The maximum Gasteiger partial charge on any atom is 0.322 e. The zero-order valence-corrected chi connectivity index (χ0v) is 13.0. The fourth-order valence-electron chi connectivity index (χ4n) is 2.13. The van der Waals surface area contributed by atoms with E-state index in [4.69, 9.17) is 4.74 Å². The summed E-state index contributed by atoms with van der Waals surface area (Å²) in [5.74, 6) is -0.754. The number of amides is 1. The number of nitrogens with one attached hydrogen (secondary N) is 2. The van der Waals surface area contributed by atoms with Gasteiger partial charge in [0.15, 0.2) is 0 Å². The monoisotopic (exact) mass is 336 g/mol. The summed E-state index contributed by atoms with van der Waals surface area (Å²) in [6.07, 6.45) is 1.12. The molecule has 2 rings (SSSR count). The van der Waals surface area contributed by atoms with Gasteiger partial charge < -0.3 is 10.1 Å². The minimum atomic E-state index is -0.664. The molecular weight excluding hydrogens is 319 g/mol. The molecule has 0 aliphatic heterocycles. The Balaban J connectivity index is 1.92. The molecule has 1 amide bonds. The summed E-state index contributed by atoms with van der Waals surface area (Å²) in [4.78, 5) is 22.6. The quantitative estimate of drug-likeness (QED) is 0.436. The third-order valence-corrected chi connectivity index (χ3v) is 3.16. The number of ether oxygens (including phenoxy) is 1. The number of hydrogen-bond acceptors (Lipinski definition) is 5. The number of aromatic amines is 1. The van der Waals surface area contributed by atoms with Crippen molar-refractivity contribution < 1.29 is 18.8 Å². The second kappa shape index (κ2) is 8.04. The molecule has 8 nitrogen and oxygen atoms in total. The van der Waals surface area contributed by atoms with Gasteiger partial charge in [0.1, 0.15) is 23.9 Å². The molecule has 0 bridgehead atoms. The predicted molar refractivity (Wildman–Crippen MR) is 83.5 cm³/mol. The van der Waals surface area contributed by atoms with E-state index in [-0.39, 0.29) is 24.5 Å². The highest BCUT2D eigenvalue weighted by Gasteiger charge is 2.28. The molecule has 0 aliphatic carbocycles. The first kappa shape index (κ1) is 17.4. The second-order valence-corrected chi connectivity index (χ2v) is 4.97. The molecule has 128 valence electrons. The Hall–Kier alpha value is -2.97. The smallest absolute Gasteiger partial charge is 0.322 e. The van der Waals surface area contributed by atoms with E-state index >= 15 is 0 Å². The molecule has 0 spiro atoms. The minimum Gasteiger partial charge on any atom is -0.492 e. The molecule has 0 radical (unpaired) electrons. The van der Waals surface area contributed by atoms with Crippen LogP contribution < -0.4 is 10.1 Å². The Morgan fingerprint density at radius 1 is 1.50 bits per heavy atom. The molecule has 1 aromatic heterocycles. The number of halogens is 1. The van der Waals surface area contributed by atoms with Gasteiger partial charge in [0.2, 0.25) is 5.69 Å². The molecule has 1 heterocycles. The summed E-state index contributed by atoms with van der Waals surface area (Å²) in [5.41, 5.74) is -0.238. The lowest BCUT2D eigenvalue weighted by atomic mass is 10.2. The van der Waals surface area contributed by atoms with E-state index in [1.54, 1.807) is 6.07 Å². The van der Waals surface area contributed by atoms with Crippen LogP contribution in [0, 0.1) is 15.9 Å². The van der Waals surface area contributed by atoms with E-state index in [1.807, 2.05) is 6.92 Å². The van der Waals surface area contributed by atoms with Crippen LogP contribution in [0.2, 0.25) is 0 Å². The summed E-state index contributed by atoms with van der Waals surface area (Å²) in [7, 11) is 0. The van der Waals surface area contributed by atoms with Crippen molar-refractivity contribution in [1.82, 2.24) is 15.5 Å². The van der Waals surface area contributed by atoms with Crippen molar-refractivity contribution in [3.63, 3.8) is 0 Å². The first-order chi connectivity index (χ1) is 11.5. The summed E-state index contributed by atoms with van der Waals surface area (Å²) in [6.45, 7) is 2.06. The van der Waals surface area contributed by atoms with Crippen LogP contribution in [0.1, 0.15) is 29.5 Å². The van der Waals surface area contributed by atoms with E-state index < -0.39 is 16.6 Å². The van der Waals surface area contributed by atoms with Gasteiger partial charge in [0.25, 0.3) is 5.91 Å². The number of aromatic nitrogens is 2. The van der Waals surface area contributed by atoms with Gasteiger partial charge in [-0.1, -0.05) is 19.4 Å². The van der Waals surface area contributed by atoms with Crippen LogP contribution in [0.25, 0.3) is 0 Å². The van der Waals surface area contributed by atoms with Gasteiger partial charge in [0.05, 0.1) is 11.5 Å². The molecule has 0 atom stereocenters. The highest BCUT2D eigenvalue weighted by atomic mass is 19.1. The summed E-state index contributed by atoms with van der Waals surface area (Å²) < 4.78 is 18.3. The Bertz CT molecular complexity index is 732. The van der Waals surface area contributed by atoms with Crippen molar-refractivity contribution in [2.45, 2.75) is 19.8 Å². The highest BCUT2D eigenvalue weighted by molar-refractivity contribution is 5.96. The van der Waals surface area contributed by atoms with Gasteiger partial charge in [-0.05, 0) is 18.6 Å². The predicted octanol–water partition coefficient (Wildman–Crippen LogP) is 2.22. The van der Waals surface area contributed by atoms with E-state index in [0.29, 0.717) is 24.3 Å². The number of aryl methyl sites for hydroxylation is 1. The van der Waals surface area contributed by atoms with E-state index in [0.717, 1.165) is 0 Å². The Labute approximate surface area is 137 Å². The van der Waals surface area contributed by atoms with Crippen LogP contribution in [-0.2, 0) is 6.42 Å². The first-order valence-electron chi connectivity index (χ1n) is 7.41. The zero-order chi connectivity index (χ0) is 17.5. The maximum absolute atomic E-state index is 13.0. The van der Waals surface area contributed by atoms with Crippen LogP contribution in [0.15, 0.2) is 24.3 Å². The largest absolute Gasteiger partial charge is 0.492 e. The van der Waals surface area contributed by atoms with E-state index in [2.05, 4.69) is 15.5 Å². The van der Waals surface area contributed by atoms with Crippen molar-refractivity contribution >= 4 is 11.6 Å². The highest BCUT2D eigenvalue weighted by Crippen LogP contribution is 2.22. The lowest BCUT2D eigenvalue weighted by molar-refractivity contribution is -0.385. The number of carbonyl (C=O) groups excluding carboxylic acids is 1. The molecular formula is C15H17FN4O4. The van der Waals surface area contributed by atoms with Crippen molar-refractivity contribution in [3.05, 3.63) is 51.6 Å².